The first kappa shape index (κ1) is 22.2. The number of nitrogens with zero attached hydrogens (tertiary/aromatic N) is 2. The van der Waals surface area contributed by atoms with Gasteiger partial charge in [0.2, 0.25) is 5.91 Å². The van der Waals surface area contributed by atoms with Crippen LogP contribution < -0.4 is 11.1 Å². The summed E-state index contributed by atoms with van der Waals surface area (Å²) in [4.78, 5) is 30.0. The van der Waals surface area contributed by atoms with Crippen LogP contribution in [0.2, 0.25) is 0 Å². The topological polar surface area (TPSA) is 102 Å². The first-order chi connectivity index (χ1) is 15.1. The van der Waals surface area contributed by atoms with Crippen LogP contribution in [-0.4, -0.2) is 35.4 Å². The Morgan fingerprint density at radius 2 is 2.00 bits per heavy atom. The zero-order valence-corrected chi connectivity index (χ0v) is 18.7. The van der Waals surface area contributed by atoms with E-state index in [0.29, 0.717) is 16.7 Å². The van der Waals surface area contributed by atoms with Crippen molar-refractivity contribution in [3.8, 4) is 6.07 Å². The lowest BCUT2D eigenvalue weighted by atomic mass is 9.93. The molecule has 8 heteroatoms. The van der Waals surface area contributed by atoms with Crippen molar-refractivity contribution in [3.05, 3.63) is 69.7 Å². The maximum atomic E-state index is 13.5. The molecule has 2 fully saturated rings. The summed E-state index contributed by atoms with van der Waals surface area (Å²) in [6.45, 7) is 2.78. The maximum Gasteiger partial charge on any atom is 0.417 e. The highest BCUT2D eigenvalue weighted by molar-refractivity contribution is 7.59. The number of hydrogen-bond acceptors (Lipinski definition) is 5. The van der Waals surface area contributed by atoms with Crippen LogP contribution in [0.5, 0.6) is 0 Å². The smallest absolute Gasteiger partial charge is 0.408 e. The van der Waals surface area contributed by atoms with Crippen LogP contribution in [0.3, 0.4) is 0 Å². The van der Waals surface area contributed by atoms with Gasteiger partial charge >= 0.3 is 5.76 Å². The standard InChI is InChI=1S/C24H24N4O3.H2S/c25-14-16-4-3-5-17(12-16)20(15-28-10-1-2-11-28)26-22(29)24(8-9-24)18-6-7-21-19(13-18)27-23(30)31-21;/h3-7,12-13,20H,1-2,8-11,15H2,(H,26,29)(H,27,30);1H2/t20-;/m1./s1. The third-order valence-electron chi connectivity index (χ3n) is 6.52. The van der Waals surface area contributed by atoms with Gasteiger partial charge in [0, 0.05) is 6.54 Å². The molecule has 1 aromatic heterocycles. The monoisotopic (exact) mass is 450 g/mol. The molecule has 0 bridgehead atoms. The highest BCUT2D eigenvalue weighted by Crippen LogP contribution is 2.49. The number of nitriles is 1. The lowest BCUT2D eigenvalue weighted by Gasteiger charge is -2.27. The Balaban J connectivity index is 0.00000245. The van der Waals surface area contributed by atoms with E-state index in [2.05, 4.69) is 21.3 Å². The number of fused-ring (bicyclic) bond motifs is 1. The predicted molar refractivity (Wildman–Crippen MR) is 126 cm³/mol. The molecule has 1 aliphatic heterocycles. The van der Waals surface area contributed by atoms with Gasteiger partial charge in [0.25, 0.3) is 0 Å². The van der Waals surface area contributed by atoms with Crippen LogP contribution in [0.1, 0.15) is 48.4 Å². The molecule has 166 valence electrons. The van der Waals surface area contributed by atoms with Crippen LogP contribution in [-0.2, 0) is 10.2 Å². The lowest BCUT2D eigenvalue weighted by molar-refractivity contribution is -0.124. The predicted octanol–water partition coefficient (Wildman–Crippen LogP) is 3.09. The van der Waals surface area contributed by atoms with Crippen LogP contribution in [0.4, 0.5) is 0 Å². The summed E-state index contributed by atoms with van der Waals surface area (Å²) in [5, 5.41) is 12.6. The summed E-state index contributed by atoms with van der Waals surface area (Å²) in [5.41, 5.74) is 2.94. The number of aromatic amines is 1. The fraction of sp³-hybridized carbons (Fsp3) is 0.375. The van der Waals surface area contributed by atoms with Crippen LogP contribution in [0.15, 0.2) is 51.7 Å². The maximum absolute atomic E-state index is 13.5. The van der Waals surface area contributed by atoms with Crippen LogP contribution in [0.25, 0.3) is 11.1 Å². The second kappa shape index (κ2) is 8.85. The van der Waals surface area contributed by atoms with Crippen molar-refractivity contribution in [2.45, 2.75) is 37.1 Å². The average Bonchev–Trinajstić information content (AvgIpc) is 3.27. The number of carbonyl (C=O) groups is 1. The summed E-state index contributed by atoms with van der Waals surface area (Å²) in [5.74, 6) is -0.506. The van der Waals surface area contributed by atoms with Crippen LogP contribution in [0, 0.1) is 11.3 Å². The Labute approximate surface area is 192 Å². The highest BCUT2D eigenvalue weighted by Gasteiger charge is 2.52. The van der Waals surface area contributed by atoms with Gasteiger partial charge in [-0.05, 0) is 74.2 Å². The first-order valence-electron chi connectivity index (χ1n) is 10.7. The van der Waals surface area contributed by atoms with E-state index >= 15 is 0 Å². The van der Waals surface area contributed by atoms with Gasteiger partial charge in [0.05, 0.1) is 28.6 Å². The fourth-order valence-corrected chi connectivity index (χ4v) is 4.60. The number of H-pyrrole nitrogens is 1. The lowest BCUT2D eigenvalue weighted by Crippen LogP contribution is -2.41. The van der Waals surface area contributed by atoms with Crippen molar-refractivity contribution in [1.82, 2.24) is 15.2 Å². The number of carbonyl (C=O) groups excluding carboxylic acids is 1. The summed E-state index contributed by atoms with van der Waals surface area (Å²) in [6.07, 6.45) is 3.87. The SMILES string of the molecule is N#Cc1cccc([C@@H](CN2CCCC2)NC(=O)C2(c3ccc4oc(=O)[nH]c4c3)CC2)c1.S. The second-order valence-corrected chi connectivity index (χ2v) is 8.58. The Morgan fingerprint density at radius 1 is 1.22 bits per heavy atom. The number of benzene rings is 2. The van der Waals surface area contributed by atoms with Crippen molar-refractivity contribution in [3.63, 3.8) is 0 Å². The van der Waals surface area contributed by atoms with Gasteiger partial charge in [-0.1, -0.05) is 18.2 Å². The van der Waals surface area contributed by atoms with E-state index in [4.69, 9.17) is 4.42 Å². The Hall–Kier alpha value is -3.02. The number of rotatable bonds is 6. The molecule has 7 nitrogen and oxygen atoms in total. The fourth-order valence-electron chi connectivity index (χ4n) is 4.60. The Morgan fingerprint density at radius 3 is 2.72 bits per heavy atom. The molecule has 1 saturated carbocycles. The third kappa shape index (κ3) is 4.18. The van der Waals surface area contributed by atoms with Gasteiger partial charge < -0.3 is 14.6 Å². The molecule has 3 aromatic rings. The molecule has 2 N–H and O–H groups in total. The van der Waals surface area contributed by atoms with Gasteiger partial charge in [-0.15, -0.1) is 0 Å². The number of hydrogen-bond donors (Lipinski definition) is 2. The van der Waals surface area contributed by atoms with Crippen molar-refractivity contribution in [2.24, 2.45) is 0 Å². The molecule has 0 spiro atoms. The van der Waals surface area contributed by atoms with E-state index in [0.717, 1.165) is 43.6 Å². The summed E-state index contributed by atoms with van der Waals surface area (Å²) >= 11 is 0. The summed E-state index contributed by atoms with van der Waals surface area (Å²) in [7, 11) is 0. The molecule has 1 aliphatic carbocycles. The van der Waals surface area contributed by atoms with Crippen molar-refractivity contribution in [2.75, 3.05) is 19.6 Å². The number of aromatic nitrogens is 1. The molecule has 0 radical (unpaired) electrons. The highest BCUT2D eigenvalue weighted by atomic mass is 32.1. The van der Waals surface area contributed by atoms with Gasteiger partial charge in [-0.2, -0.15) is 18.8 Å². The minimum atomic E-state index is -0.585. The normalized spacial score (nSPS) is 18.0. The van der Waals surface area contributed by atoms with Gasteiger partial charge in [0.1, 0.15) is 0 Å². The second-order valence-electron chi connectivity index (χ2n) is 8.58. The van der Waals surface area contributed by atoms with E-state index in [9.17, 15) is 14.9 Å². The number of amides is 1. The molecule has 1 atom stereocenters. The van der Waals surface area contributed by atoms with E-state index in [-0.39, 0.29) is 25.4 Å². The average molecular weight is 451 g/mol. The summed E-state index contributed by atoms with van der Waals surface area (Å²) < 4.78 is 5.09. The molecule has 1 amide bonds. The molecule has 2 aromatic carbocycles. The van der Waals surface area contributed by atoms with Gasteiger partial charge in [0.15, 0.2) is 5.58 Å². The third-order valence-corrected chi connectivity index (χ3v) is 6.52. The quantitative estimate of drug-likeness (QED) is 0.601. The van der Waals surface area contributed by atoms with Gasteiger partial charge in [-0.25, -0.2) is 4.79 Å². The van der Waals surface area contributed by atoms with E-state index in [1.165, 1.54) is 12.8 Å². The molecule has 5 rings (SSSR count). The van der Waals surface area contributed by atoms with Crippen LogP contribution >= 0.6 is 13.5 Å². The van der Waals surface area contributed by atoms with E-state index in [1.54, 1.807) is 12.1 Å². The van der Waals surface area contributed by atoms with Crippen molar-refractivity contribution < 1.29 is 9.21 Å². The molecule has 2 aliphatic rings. The van der Waals surface area contributed by atoms with Crippen molar-refractivity contribution >= 4 is 30.5 Å². The molecule has 32 heavy (non-hydrogen) atoms. The molecule has 1 saturated heterocycles. The number of nitrogens with one attached hydrogen (secondary N) is 2. The largest absolute Gasteiger partial charge is 0.417 e. The van der Waals surface area contributed by atoms with E-state index < -0.39 is 11.2 Å². The zero-order valence-electron chi connectivity index (χ0n) is 17.7. The first-order valence-corrected chi connectivity index (χ1v) is 10.7. The Kier molecular flexibility index (Phi) is 6.13. The van der Waals surface area contributed by atoms with Crippen molar-refractivity contribution in [1.29, 1.82) is 5.26 Å². The zero-order chi connectivity index (χ0) is 21.4. The minimum absolute atomic E-state index is 0. The van der Waals surface area contributed by atoms with E-state index in [1.807, 2.05) is 30.3 Å². The Bertz CT molecular complexity index is 1230. The van der Waals surface area contributed by atoms with Gasteiger partial charge in [-0.3, -0.25) is 9.78 Å². The minimum Gasteiger partial charge on any atom is -0.408 e. The number of likely N-dealkylation sites (tertiary alicyclic amines) is 1. The molecule has 2 heterocycles. The molecular weight excluding hydrogens is 424 g/mol. The number of oxazole rings is 1. The summed E-state index contributed by atoms with van der Waals surface area (Å²) in [6, 6.07) is 15.0. The molecular formula is C24H26N4O3S. The molecule has 0 unspecified atom stereocenters.